The maximum absolute atomic E-state index is 9.65. The molecule has 1 atom stereocenters. The highest BCUT2D eigenvalue weighted by atomic mass is 16.3. The molecule has 0 fully saturated rings. The number of nitrogens with one attached hydrogen (secondary N) is 3. The first-order valence-electron chi connectivity index (χ1n) is 9.63. The van der Waals surface area contributed by atoms with Crippen LogP contribution in [0.25, 0.3) is 33.3 Å². The Morgan fingerprint density at radius 1 is 1.14 bits per heavy atom. The second-order valence-electron chi connectivity index (χ2n) is 8.46. The van der Waals surface area contributed by atoms with E-state index in [4.69, 9.17) is 0 Å². The summed E-state index contributed by atoms with van der Waals surface area (Å²) in [5.41, 5.74) is 6.04. The third kappa shape index (κ3) is 3.53. The highest BCUT2D eigenvalue weighted by Gasteiger charge is 2.23. The number of aromatic nitrogens is 4. The van der Waals surface area contributed by atoms with E-state index in [9.17, 15) is 5.11 Å². The van der Waals surface area contributed by atoms with Gasteiger partial charge in [0.15, 0.2) is 5.65 Å². The van der Waals surface area contributed by atoms with E-state index in [1.54, 1.807) is 6.20 Å². The molecule has 3 heterocycles. The summed E-state index contributed by atoms with van der Waals surface area (Å²) in [5, 5.41) is 14.3. The highest BCUT2D eigenvalue weighted by molar-refractivity contribution is 5.94. The zero-order valence-corrected chi connectivity index (χ0v) is 16.8. The summed E-state index contributed by atoms with van der Waals surface area (Å²) in [6.07, 6.45) is 1.80. The second kappa shape index (κ2) is 7.04. The van der Waals surface area contributed by atoms with Crippen molar-refractivity contribution < 1.29 is 5.11 Å². The van der Waals surface area contributed by atoms with Crippen LogP contribution in [0.15, 0.2) is 36.5 Å². The van der Waals surface area contributed by atoms with Crippen molar-refractivity contribution in [1.82, 2.24) is 25.3 Å². The fraction of sp³-hybridized carbons (Fsp3) is 0.364. The van der Waals surface area contributed by atoms with Gasteiger partial charge in [-0.3, -0.25) is 0 Å². The van der Waals surface area contributed by atoms with Gasteiger partial charge in [0, 0.05) is 40.9 Å². The van der Waals surface area contributed by atoms with Crippen LogP contribution < -0.4 is 5.32 Å². The summed E-state index contributed by atoms with van der Waals surface area (Å²) >= 11 is 0. The number of aryl methyl sites for hydroxylation is 1. The lowest BCUT2D eigenvalue weighted by Crippen LogP contribution is -2.42. The molecule has 28 heavy (non-hydrogen) atoms. The van der Waals surface area contributed by atoms with Crippen molar-refractivity contribution >= 4 is 22.1 Å². The van der Waals surface area contributed by atoms with E-state index in [1.165, 1.54) is 5.56 Å². The minimum atomic E-state index is 0.00845. The van der Waals surface area contributed by atoms with E-state index in [-0.39, 0.29) is 18.1 Å². The van der Waals surface area contributed by atoms with Crippen LogP contribution in [0, 0.1) is 12.3 Å². The van der Waals surface area contributed by atoms with Crippen molar-refractivity contribution in [1.29, 1.82) is 0 Å². The molecule has 6 nitrogen and oxygen atoms in total. The molecule has 0 spiro atoms. The first-order valence-corrected chi connectivity index (χ1v) is 9.63. The van der Waals surface area contributed by atoms with E-state index in [2.05, 4.69) is 70.3 Å². The molecule has 0 amide bonds. The lowest BCUT2D eigenvalue weighted by molar-refractivity contribution is 0.158. The SMILES string of the molecule is Cc1nc2c(-c3cc4cc(CNC(CO)C(C)(C)C)ccc4[nH]3)ccnc2[nH]1. The minimum Gasteiger partial charge on any atom is -0.395 e. The van der Waals surface area contributed by atoms with Gasteiger partial charge in [-0.2, -0.15) is 0 Å². The molecule has 3 aromatic heterocycles. The number of rotatable bonds is 5. The normalized spacial score (nSPS) is 13.5. The fourth-order valence-electron chi connectivity index (χ4n) is 3.57. The topological polar surface area (TPSA) is 89.6 Å². The predicted octanol–water partition coefficient (Wildman–Crippen LogP) is 3.91. The van der Waals surface area contributed by atoms with Crippen LogP contribution in [0.3, 0.4) is 0 Å². The Morgan fingerprint density at radius 2 is 1.96 bits per heavy atom. The van der Waals surface area contributed by atoms with Crippen molar-refractivity contribution in [2.24, 2.45) is 5.41 Å². The van der Waals surface area contributed by atoms with E-state index in [0.717, 1.165) is 45.7 Å². The van der Waals surface area contributed by atoms with Gasteiger partial charge >= 0.3 is 0 Å². The Kier molecular flexibility index (Phi) is 4.69. The number of hydrogen-bond donors (Lipinski definition) is 4. The first-order chi connectivity index (χ1) is 13.3. The number of fused-ring (bicyclic) bond motifs is 2. The molecule has 0 aliphatic carbocycles. The molecule has 0 radical (unpaired) electrons. The van der Waals surface area contributed by atoms with Crippen molar-refractivity contribution in [3.8, 4) is 11.3 Å². The zero-order valence-electron chi connectivity index (χ0n) is 16.8. The van der Waals surface area contributed by atoms with Gasteiger partial charge in [-0.05, 0) is 42.2 Å². The number of hydrogen-bond acceptors (Lipinski definition) is 4. The number of aliphatic hydroxyl groups is 1. The molecule has 0 saturated carbocycles. The molecule has 0 saturated heterocycles. The lowest BCUT2D eigenvalue weighted by atomic mass is 9.87. The van der Waals surface area contributed by atoms with Crippen molar-refractivity contribution in [2.45, 2.75) is 40.3 Å². The van der Waals surface area contributed by atoms with Crippen LogP contribution >= 0.6 is 0 Å². The summed E-state index contributed by atoms with van der Waals surface area (Å²) in [6.45, 7) is 9.18. The van der Waals surface area contributed by atoms with Gasteiger partial charge in [0.1, 0.15) is 11.3 Å². The summed E-state index contributed by atoms with van der Waals surface area (Å²) < 4.78 is 0. The molecule has 146 valence electrons. The van der Waals surface area contributed by atoms with Gasteiger partial charge in [0.2, 0.25) is 0 Å². The predicted molar refractivity (Wildman–Crippen MR) is 113 cm³/mol. The molecular formula is C22H27N5O. The monoisotopic (exact) mass is 377 g/mol. The molecular weight excluding hydrogens is 350 g/mol. The molecule has 6 heteroatoms. The van der Waals surface area contributed by atoms with E-state index >= 15 is 0 Å². The Bertz CT molecular complexity index is 1120. The number of imidazole rings is 1. The van der Waals surface area contributed by atoms with Gasteiger partial charge in [-0.25, -0.2) is 9.97 Å². The van der Waals surface area contributed by atoms with Gasteiger partial charge in [-0.1, -0.05) is 26.8 Å². The quantitative estimate of drug-likeness (QED) is 0.424. The number of H-pyrrole nitrogens is 2. The van der Waals surface area contributed by atoms with Gasteiger partial charge in [0.25, 0.3) is 0 Å². The molecule has 1 aromatic carbocycles. The number of benzene rings is 1. The fourth-order valence-corrected chi connectivity index (χ4v) is 3.57. The molecule has 4 N–H and O–H groups in total. The van der Waals surface area contributed by atoms with Gasteiger partial charge in [-0.15, -0.1) is 0 Å². The van der Waals surface area contributed by atoms with Crippen molar-refractivity contribution in [3.05, 3.63) is 47.9 Å². The summed E-state index contributed by atoms with van der Waals surface area (Å²) in [5.74, 6) is 0.858. The van der Waals surface area contributed by atoms with Gasteiger partial charge in [0.05, 0.1) is 6.61 Å². The number of aromatic amines is 2. The minimum absolute atomic E-state index is 0.00845. The highest BCUT2D eigenvalue weighted by Crippen LogP contribution is 2.29. The number of nitrogens with zero attached hydrogens (tertiary/aromatic N) is 2. The Hall–Kier alpha value is -2.70. The summed E-state index contributed by atoms with van der Waals surface area (Å²) in [7, 11) is 0. The lowest BCUT2D eigenvalue weighted by Gasteiger charge is -2.30. The third-order valence-electron chi connectivity index (χ3n) is 5.26. The molecule has 0 aliphatic rings. The molecule has 0 bridgehead atoms. The van der Waals surface area contributed by atoms with Crippen LogP contribution in [-0.4, -0.2) is 37.7 Å². The van der Waals surface area contributed by atoms with E-state index in [1.807, 2.05) is 13.0 Å². The average molecular weight is 377 g/mol. The smallest absolute Gasteiger partial charge is 0.158 e. The molecule has 4 aromatic rings. The zero-order chi connectivity index (χ0) is 19.9. The van der Waals surface area contributed by atoms with Gasteiger partial charge < -0.3 is 20.4 Å². The standard InChI is InChI=1S/C22H27N5O/c1-13-25-20-16(7-8-23-21(20)26-13)18-10-15-9-14(5-6-17(15)27-18)11-24-19(12-28)22(2,3)4/h5-10,19,24,27-28H,11-12H2,1-4H3,(H,23,25,26). The molecule has 0 aliphatic heterocycles. The third-order valence-corrected chi connectivity index (χ3v) is 5.26. The maximum atomic E-state index is 9.65. The van der Waals surface area contributed by atoms with Crippen LogP contribution in [-0.2, 0) is 6.54 Å². The average Bonchev–Trinajstić information content (AvgIpc) is 3.22. The Morgan fingerprint density at radius 3 is 2.71 bits per heavy atom. The Balaban J connectivity index is 1.63. The van der Waals surface area contributed by atoms with E-state index in [0.29, 0.717) is 0 Å². The maximum Gasteiger partial charge on any atom is 0.158 e. The first kappa shape index (κ1) is 18.7. The number of aliphatic hydroxyl groups excluding tert-OH is 1. The van der Waals surface area contributed by atoms with Crippen LogP contribution in [0.2, 0.25) is 0 Å². The van der Waals surface area contributed by atoms with Crippen LogP contribution in [0.5, 0.6) is 0 Å². The van der Waals surface area contributed by atoms with Crippen LogP contribution in [0.1, 0.15) is 32.2 Å². The summed E-state index contributed by atoms with van der Waals surface area (Å²) in [4.78, 5) is 15.6. The Labute approximate surface area is 164 Å². The molecule has 1 unspecified atom stereocenters. The van der Waals surface area contributed by atoms with Crippen molar-refractivity contribution in [2.75, 3.05) is 6.61 Å². The number of pyridine rings is 1. The second-order valence-corrected chi connectivity index (χ2v) is 8.46. The molecule has 4 rings (SSSR count). The van der Waals surface area contributed by atoms with Crippen molar-refractivity contribution in [3.63, 3.8) is 0 Å². The largest absolute Gasteiger partial charge is 0.395 e. The van der Waals surface area contributed by atoms with Crippen LogP contribution in [0.4, 0.5) is 0 Å². The summed E-state index contributed by atoms with van der Waals surface area (Å²) in [6, 6.07) is 10.6. The van der Waals surface area contributed by atoms with E-state index < -0.39 is 0 Å².